The van der Waals surface area contributed by atoms with E-state index < -0.39 is 24.3 Å². The number of nitrogens with zero attached hydrogens (tertiary/aromatic N) is 4. The fraction of sp³-hybridized carbons (Fsp3) is 0.391. The summed E-state index contributed by atoms with van der Waals surface area (Å²) in [5.41, 5.74) is 9.84. The number of imidazole rings is 2. The molecular weight excluding hydrogens is 777 g/mol. The fourth-order valence-electron chi connectivity index (χ4n) is 9.37. The number of methoxy groups -OCH3 is 2. The van der Waals surface area contributed by atoms with Crippen LogP contribution in [0.4, 0.5) is 9.59 Å². The summed E-state index contributed by atoms with van der Waals surface area (Å²) in [5.74, 6) is 1.79. The van der Waals surface area contributed by atoms with E-state index in [0.29, 0.717) is 31.1 Å². The standard InChI is InChI=1S/C46H50N8O7/c1-25(2)38(51-45(57)59-3)43(55)53-18-8-12-35(53)41-47-23-34(49-41)28-14-16-30-29(20-28)24-61-37-22-31-27(21-32(30)37)15-17-33-40(31)50-42(48-33)36-13-9-19-54(36)44(56)39(52-46(58)60-4)26-10-6-5-7-11-26/h5-7,10-11,14,16,20-23,25,35-36,38-39H,8-9,12-13,15,17-19,24H2,1-4H3,(H,47,49)(H,48,50)(H,51,57)(H,52,58)/t35?,36-,38-,39?/m0/s1. The Labute approximate surface area is 353 Å². The smallest absolute Gasteiger partial charge is 0.407 e. The van der Waals surface area contributed by atoms with Crippen molar-refractivity contribution in [3.8, 4) is 39.4 Å². The Balaban J connectivity index is 0.937. The van der Waals surface area contributed by atoms with Crippen molar-refractivity contribution in [3.05, 3.63) is 101 Å². The normalized spacial score (nSPS) is 18.6. The number of carbonyl (C=O) groups is 4. The maximum Gasteiger partial charge on any atom is 0.407 e. The molecule has 0 bridgehead atoms. The maximum absolute atomic E-state index is 14.1. The van der Waals surface area contributed by atoms with Gasteiger partial charge in [0.1, 0.15) is 36.1 Å². The van der Waals surface area contributed by atoms with Gasteiger partial charge >= 0.3 is 12.2 Å². The van der Waals surface area contributed by atoms with E-state index in [9.17, 15) is 19.2 Å². The van der Waals surface area contributed by atoms with Crippen molar-refractivity contribution in [1.82, 2.24) is 40.4 Å². The highest BCUT2D eigenvalue weighted by Gasteiger charge is 2.39. The Morgan fingerprint density at radius 1 is 0.787 bits per heavy atom. The molecule has 1 aliphatic carbocycles. The van der Waals surface area contributed by atoms with E-state index in [1.54, 1.807) is 0 Å². The SMILES string of the molecule is COC(=O)NC(C(=O)N1CCC[C@H]1c1nc2c([nH]1)CCc1cc3c(cc1-2)OCc1cc(-c2cnc(C4CCCN4C(=O)[C@@H](NC(=O)OC)C(C)C)[nH]2)ccc1-3)c1ccccc1. The number of aromatic amines is 2. The molecule has 2 saturated heterocycles. The van der Waals surface area contributed by atoms with Crippen LogP contribution >= 0.6 is 0 Å². The van der Waals surface area contributed by atoms with Gasteiger partial charge in [-0.05, 0) is 90.5 Å². The zero-order chi connectivity index (χ0) is 42.4. The van der Waals surface area contributed by atoms with Gasteiger partial charge in [0.25, 0.3) is 5.91 Å². The van der Waals surface area contributed by atoms with Crippen LogP contribution in [0.25, 0.3) is 33.6 Å². The number of amides is 4. The first-order chi connectivity index (χ1) is 29.6. The first kappa shape index (κ1) is 39.8. The topological polar surface area (TPSA) is 184 Å². The van der Waals surface area contributed by atoms with E-state index in [-0.39, 0.29) is 29.8 Å². The number of hydrogen-bond acceptors (Lipinski definition) is 9. The van der Waals surface area contributed by atoms with Crippen molar-refractivity contribution in [3.63, 3.8) is 0 Å². The highest BCUT2D eigenvalue weighted by Crippen LogP contribution is 2.46. The number of aromatic nitrogens is 4. The van der Waals surface area contributed by atoms with E-state index in [2.05, 4.69) is 50.9 Å². The molecule has 4 atom stereocenters. The van der Waals surface area contributed by atoms with Crippen LogP contribution in [0, 0.1) is 5.92 Å². The van der Waals surface area contributed by atoms with Crippen LogP contribution in [0.5, 0.6) is 5.75 Å². The van der Waals surface area contributed by atoms with Gasteiger partial charge in [-0.25, -0.2) is 19.6 Å². The minimum atomic E-state index is -0.888. The average Bonchev–Trinajstić information content (AvgIpc) is 4.13. The summed E-state index contributed by atoms with van der Waals surface area (Å²) < 4.78 is 16.1. The molecule has 15 nitrogen and oxygen atoms in total. The van der Waals surface area contributed by atoms with E-state index >= 15 is 0 Å². The number of benzene rings is 3. The molecule has 9 rings (SSSR count). The van der Waals surface area contributed by atoms with Crippen LogP contribution in [-0.2, 0) is 38.5 Å². The third-order valence-corrected chi connectivity index (χ3v) is 12.5. The number of likely N-dealkylation sites (tertiary alicyclic amines) is 2. The van der Waals surface area contributed by atoms with E-state index in [1.807, 2.05) is 60.2 Å². The quantitative estimate of drug-likeness (QED) is 0.122. The molecule has 4 amide bonds. The van der Waals surface area contributed by atoms with Crippen molar-refractivity contribution < 1.29 is 33.4 Å². The summed E-state index contributed by atoms with van der Waals surface area (Å²) in [6, 6.07) is 17.8. The van der Waals surface area contributed by atoms with Crippen LogP contribution in [0.15, 0.2) is 66.9 Å². The van der Waals surface area contributed by atoms with Crippen molar-refractivity contribution in [2.24, 2.45) is 5.92 Å². The van der Waals surface area contributed by atoms with Crippen LogP contribution in [-0.4, -0.2) is 87.1 Å². The second kappa shape index (κ2) is 16.4. The van der Waals surface area contributed by atoms with Gasteiger partial charge in [0, 0.05) is 29.9 Å². The number of aryl methyl sites for hydroxylation is 2. The summed E-state index contributed by atoms with van der Waals surface area (Å²) in [7, 11) is 2.58. The van der Waals surface area contributed by atoms with Gasteiger partial charge in [-0.1, -0.05) is 56.3 Å². The number of hydrogen-bond donors (Lipinski definition) is 4. The number of nitrogens with one attached hydrogen (secondary N) is 4. The second-order valence-electron chi connectivity index (χ2n) is 16.5. The summed E-state index contributed by atoms with van der Waals surface area (Å²) in [6.07, 6.45) is 5.31. The zero-order valence-corrected chi connectivity index (χ0v) is 34.7. The Morgan fingerprint density at radius 2 is 1.51 bits per heavy atom. The fourth-order valence-corrected chi connectivity index (χ4v) is 9.37. The molecule has 3 aliphatic heterocycles. The Morgan fingerprint density at radius 3 is 2.25 bits per heavy atom. The Bertz CT molecular complexity index is 2500. The number of rotatable bonds is 9. The monoisotopic (exact) mass is 826 g/mol. The molecule has 5 heterocycles. The van der Waals surface area contributed by atoms with Crippen LogP contribution in [0.3, 0.4) is 0 Å². The molecule has 2 fully saturated rings. The summed E-state index contributed by atoms with van der Waals surface area (Å²) in [6.45, 7) is 5.34. The lowest BCUT2D eigenvalue weighted by Gasteiger charge is -2.30. The molecule has 2 unspecified atom stereocenters. The van der Waals surface area contributed by atoms with Crippen LogP contribution in [0.2, 0.25) is 0 Å². The number of alkyl carbamates (subject to hydrolysis) is 2. The van der Waals surface area contributed by atoms with Gasteiger partial charge in [-0.2, -0.15) is 0 Å². The molecular formula is C46H50N8O7. The van der Waals surface area contributed by atoms with Gasteiger partial charge < -0.3 is 44.6 Å². The highest BCUT2D eigenvalue weighted by molar-refractivity contribution is 5.88. The molecule has 0 saturated carbocycles. The Kier molecular flexibility index (Phi) is 10.7. The third kappa shape index (κ3) is 7.46. The first-order valence-electron chi connectivity index (χ1n) is 21.0. The van der Waals surface area contributed by atoms with Gasteiger partial charge in [0.2, 0.25) is 5.91 Å². The van der Waals surface area contributed by atoms with Gasteiger partial charge in [0.15, 0.2) is 0 Å². The van der Waals surface area contributed by atoms with E-state index in [4.69, 9.17) is 24.2 Å². The predicted molar refractivity (Wildman–Crippen MR) is 225 cm³/mol. The molecule has 4 aliphatic rings. The molecule has 61 heavy (non-hydrogen) atoms. The molecule has 0 radical (unpaired) electrons. The highest BCUT2D eigenvalue weighted by atomic mass is 16.5. The lowest BCUT2D eigenvalue weighted by atomic mass is 9.86. The minimum absolute atomic E-state index is 0.116. The summed E-state index contributed by atoms with van der Waals surface area (Å²) in [4.78, 5) is 72.8. The number of H-pyrrole nitrogens is 2. The van der Waals surface area contributed by atoms with Crippen molar-refractivity contribution >= 4 is 24.0 Å². The van der Waals surface area contributed by atoms with Crippen molar-refractivity contribution in [2.45, 2.75) is 83.1 Å². The molecule has 316 valence electrons. The molecule has 4 N–H and O–H groups in total. The van der Waals surface area contributed by atoms with Gasteiger partial charge in [0.05, 0.1) is 43.9 Å². The molecule has 3 aromatic carbocycles. The largest absolute Gasteiger partial charge is 0.488 e. The third-order valence-electron chi connectivity index (χ3n) is 12.5. The number of carbonyl (C=O) groups excluding carboxylic acids is 4. The lowest BCUT2D eigenvalue weighted by Crippen LogP contribution is -2.51. The average molecular weight is 827 g/mol. The lowest BCUT2D eigenvalue weighted by molar-refractivity contribution is -0.135. The first-order valence-corrected chi connectivity index (χ1v) is 21.0. The van der Waals surface area contributed by atoms with E-state index in [0.717, 1.165) is 95.0 Å². The second-order valence-corrected chi connectivity index (χ2v) is 16.5. The van der Waals surface area contributed by atoms with Crippen molar-refractivity contribution in [2.75, 3.05) is 27.3 Å². The van der Waals surface area contributed by atoms with Crippen LogP contribution < -0.4 is 15.4 Å². The molecule has 5 aromatic rings. The van der Waals surface area contributed by atoms with Crippen molar-refractivity contribution in [1.29, 1.82) is 0 Å². The predicted octanol–water partition coefficient (Wildman–Crippen LogP) is 6.93. The van der Waals surface area contributed by atoms with Gasteiger partial charge in [-0.15, -0.1) is 0 Å². The zero-order valence-electron chi connectivity index (χ0n) is 34.7. The maximum atomic E-state index is 14.1. The Hall–Kier alpha value is -6.64. The minimum Gasteiger partial charge on any atom is -0.488 e. The molecule has 15 heteroatoms. The number of ether oxygens (including phenoxy) is 3. The summed E-state index contributed by atoms with van der Waals surface area (Å²) >= 11 is 0. The van der Waals surface area contributed by atoms with Crippen LogP contribution in [0.1, 0.15) is 91.7 Å². The molecule has 0 spiro atoms. The number of fused-ring (bicyclic) bond motifs is 6. The van der Waals surface area contributed by atoms with Gasteiger partial charge in [-0.3, -0.25) is 9.59 Å². The molecule has 2 aromatic heterocycles. The van der Waals surface area contributed by atoms with E-state index in [1.165, 1.54) is 19.8 Å². The summed E-state index contributed by atoms with van der Waals surface area (Å²) in [5, 5.41) is 5.45.